The molecule has 0 aliphatic heterocycles. The van der Waals surface area contributed by atoms with E-state index in [4.69, 9.17) is 21.1 Å². The van der Waals surface area contributed by atoms with Gasteiger partial charge in [-0.3, -0.25) is 14.7 Å². The Kier molecular flexibility index (Phi) is 7.67. The molecule has 3 N–H and O–H groups in total. The van der Waals surface area contributed by atoms with Crippen LogP contribution in [-0.4, -0.2) is 41.8 Å². The summed E-state index contributed by atoms with van der Waals surface area (Å²) < 4.78 is 24.0. The van der Waals surface area contributed by atoms with E-state index in [2.05, 4.69) is 27.4 Å². The first-order valence-corrected chi connectivity index (χ1v) is 10.1. The number of nitrogens with one attached hydrogen (secondary N) is 3. The molecule has 0 radical (unpaired) electrons. The fourth-order valence-electron chi connectivity index (χ4n) is 2.78. The van der Waals surface area contributed by atoms with Crippen molar-refractivity contribution in [3.63, 3.8) is 0 Å². The molecule has 1 aromatic heterocycles. The number of aromatic nitrogens is 2. The van der Waals surface area contributed by atoms with E-state index in [0.717, 1.165) is 22.7 Å². The molecule has 0 saturated carbocycles. The van der Waals surface area contributed by atoms with E-state index in [1.54, 1.807) is 12.1 Å². The molecule has 3 aromatic rings. The van der Waals surface area contributed by atoms with Crippen LogP contribution < -0.4 is 20.1 Å². The summed E-state index contributed by atoms with van der Waals surface area (Å²) in [5.74, 6) is -0.671. The molecule has 0 atom stereocenters. The van der Waals surface area contributed by atoms with E-state index in [0.29, 0.717) is 17.9 Å². The van der Waals surface area contributed by atoms with Gasteiger partial charge >= 0.3 is 0 Å². The third-order valence-electron chi connectivity index (χ3n) is 4.41. The smallest absolute Gasteiger partial charge is 0.262 e. The normalized spacial score (nSPS) is 10.6. The highest BCUT2D eigenvalue weighted by atomic mass is 35.5. The number of carbonyl (C=O) groups excluding carboxylic acids is 2. The number of nitrogens with zero attached hydrogens (tertiary/aromatic N) is 1. The largest absolute Gasteiger partial charge is 0.484 e. The molecule has 0 fully saturated rings. The summed E-state index contributed by atoms with van der Waals surface area (Å²) >= 11 is 5.59. The lowest BCUT2D eigenvalue weighted by Crippen LogP contribution is -2.32. The summed E-state index contributed by atoms with van der Waals surface area (Å²) in [5.41, 5.74) is 2.14. The molecular formula is C22H22ClFN4O4. The molecule has 0 spiro atoms. The van der Waals surface area contributed by atoms with Gasteiger partial charge in [-0.05, 0) is 31.2 Å². The van der Waals surface area contributed by atoms with Gasteiger partial charge in [-0.25, -0.2) is 4.39 Å². The number of aryl methyl sites for hydroxylation is 1. The zero-order valence-electron chi connectivity index (χ0n) is 17.3. The van der Waals surface area contributed by atoms with Gasteiger partial charge in [-0.1, -0.05) is 18.2 Å². The number of rotatable bonds is 10. The molecule has 0 bridgehead atoms. The minimum absolute atomic E-state index is 0.0263. The second-order valence-electron chi connectivity index (χ2n) is 6.93. The maximum atomic E-state index is 13.3. The van der Waals surface area contributed by atoms with Crippen molar-refractivity contribution in [1.82, 2.24) is 20.8 Å². The summed E-state index contributed by atoms with van der Waals surface area (Å²) in [6.45, 7) is 5.45. The van der Waals surface area contributed by atoms with Crippen LogP contribution in [0.4, 0.5) is 4.39 Å². The third kappa shape index (κ3) is 6.45. The van der Waals surface area contributed by atoms with E-state index in [1.165, 1.54) is 12.1 Å². The quantitative estimate of drug-likeness (QED) is 0.430. The van der Waals surface area contributed by atoms with Gasteiger partial charge in [0.15, 0.2) is 13.2 Å². The average molecular weight is 461 g/mol. The van der Waals surface area contributed by atoms with Gasteiger partial charge in [0, 0.05) is 41.9 Å². The van der Waals surface area contributed by atoms with Crippen molar-refractivity contribution < 1.29 is 23.5 Å². The lowest BCUT2D eigenvalue weighted by atomic mass is 10.2. The summed E-state index contributed by atoms with van der Waals surface area (Å²) in [7, 11) is 0. The Hall–Kier alpha value is -3.59. The molecular weight excluding hydrogens is 439 g/mol. The molecule has 1 heterocycles. The van der Waals surface area contributed by atoms with Crippen LogP contribution in [-0.2, 0) is 9.59 Å². The highest BCUT2D eigenvalue weighted by Gasteiger charge is 2.09. The molecule has 168 valence electrons. The highest BCUT2D eigenvalue weighted by molar-refractivity contribution is 6.30. The first-order valence-electron chi connectivity index (χ1n) is 9.71. The van der Waals surface area contributed by atoms with Crippen molar-refractivity contribution in [3.8, 4) is 11.5 Å². The van der Waals surface area contributed by atoms with Crippen molar-refractivity contribution in [1.29, 1.82) is 0 Å². The maximum absolute atomic E-state index is 13.3. The van der Waals surface area contributed by atoms with Gasteiger partial charge in [-0.15, -0.1) is 0 Å². The third-order valence-corrected chi connectivity index (χ3v) is 4.72. The molecule has 0 aliphatic carbocycles. The molecule has 0 unspecified atom stereocenters. The average Bonchev–Trinajstić information content (AvgIpc) is 3.13. The lowest BCUT2D eigenvalue weighted by Gasteiger charge is -2.11. The number of benzene rings is 2. The number of amides is 2. The first kappa shape index (κ1) is 23.1. The van der Waals surface area contributed by atoms with Crippen molar-refractivity contribution in [2.24, 2.45) is 0 Å². The van der Waals surface area contributed by atoms with E-state index in [-0.39, 0.29) is 36.4 Å². The summed E-state index contributed by atoms with van der Waals surface area (Å²) in [6, 6.07) is 9.29. The topological polar surface area (TPSA) is 105 Å². The maximum Gasteiger partial charge on any atom is 0.262 e. The number of carbonyl (C=O) groups is 2. The monoisotopic (exact) mass is 460 g/mol. The summed E-state index contributed by atoms with van der Waals surface area (Å²) in [4.78, 5) is 23.9. The Morgan fingerprint density at radius 2 is 1.81 bits per heavy atom. The van der Waals surface area contributed by atoms with Crippen molar-refractivity contribution in [3.05, 3.63) is 65.2 Å². The predicted octanol–water partition coefficient (Wildman–Crippen LogP) is 3.26. The minimum Gasteiger partial charge on any atom is -0.484 e. The van der Waals surface area contributed by atoms with Crippen LogP contribution in [0.15, 0.2) is 48.7 Å². The number of halogens is 2. The predicted molar refractivity (Wildman–Crippen MR) is 118 cm³/mol. The highest BCUT2D eigenvalue weighted by Crippen LogP contribution is 2.21. The van der Waals surface area contributed by atoms with Gasteiger partial charge in [0.1, 0.15) is 17.3 Å². The SMILES string of the molecule is C=C(CCNC(=O)COc1ccc(Cl)c(F)c1)NC(=O)COc1ccc2c(C)[nH]nc2c1. The van der Waals surface area contributed by atoms with Crippen molar-refractivity contribution in [2.75, 3.05) is 19.8 Å². The molecule has 8 nitrogen and oxygen atoms in total. The zero-order chi connectivity index (χ0) is 23.1. The second kappa shape index (κ2) is 10.6. The number of H-pyrrole nitrogens is 1. The summed E-state index contributed by atoms with van der Waals surface area (Å²) in [6.07, 6.45) is 0.325. The molecule has 10 heteroatoms. The van der Waals surface area contributed by atoms with Crippen LogP contribution in [0.5, 0.6) is 11.5 Å². The number of hydrogen-bond acceptors (Lipinski definition) is 5. The Balaban J connectivity index is 1.32. The number of ether oxygens (including phenoxy) is 2. The van der Waals surface area contributed by atoms with Gasteiger partial charge in [-0.2, -0.15) is 5.10 Å². The minimum atomic E-state index is -0.627. The fourth-order valence-corrected chi connectivity index (χ4v) is 2.90. The fraction of sp³-hybridized carbons (Fsp3) is 0.227. The zero-order valence-corrected chi connectivity index (χ0v) is 18.1. The van der Waals surface area contributed by atoms with Crippen molar-refractivity contribution in [2.45, 2.75) is 13.3 Å². The van der Waals surface area contributed by atoms with Gasteiger partial charge in [0.05, 0.1) is 10.5 Å². The van der Waals surface area contributed by atoms with E-state index in [9.17, 15) is 14.0 Å². The lowest BCUT2D eigenvalue weighted by molar-refractivity contribution is -0.123. The Morgan fingerprint density at radius 3 is 2.56 bits per heavy atom. The van der Waals surface area contributed by atoms with Crippen LogP contribution in [0.25, 0.3) is 10.9 Å². The van der Waals surface area contributed by atoms with Gasteiger partial charge in [0.25, 0.3) is 11.8 Å². The Bertz CT molecular complexity index is 1150. The number of fused-ring (bicyclic) bond motifs is 1. The second-order valence-corrected chi connectivity index (χ2v) is 7.34. The molecule has 2 aromatic carbocycles. The van der Waals surface area contributed by atoms with Gasteiger partial charge in [0.2, 0.25) is 0 Å². The van der Waals surface area contributed by atoms with Crippen LogP contribution in [0.3, 0.4) is 0 Å². The van der Waals surface area contributed by atoms with Crippen LogP contribution in [0.2, 0.25) is 5.02 Å². The molecule has 2 amide bonds. The van der Waals surface area contributed by atoms with Crippen LogP contribution >= 0.6 is 11.6 Å². The summed E-state index contributed by atoms with van der Waals surface area (Å²) in [5, 5.41) is 13.2. The molecule has 32 heavy (non-hydrogen) atoms. The van der Waals surface area contributed by atoms with Crippen LogP contribution in [0.1, 0.15) is 12.1 Å². The first-order chi connectivity index (χ1) is 15.3. The Labute approximate surface area is 188 Å². The standard InChI is InChI=1S/C22H22ClFN4O4/c1-13(7-8-25-21(29)11-31-15-4-6-18(23)19(24)9-15)26-22(30)12-32-16-3-5-17-14(2)27-28-20(17)10-16/h3-6,9-10H,1,7-8,11-12H2,2H3,(H,25,29)(H,26,30)(H,27,28). The number of aromatic amines is 1. The molecule has 0 aliphatic rings. The van der Waals surface area contributed by atoms with Gasteiger partial charge < -0.3 is 20.1 Å². The Morgan fingerprint density at radius 1 is 1.12 bits per heavy atom. The van der Waals surface area contributed by atoms with E-state index >= 15 is 0 Å². The number of hydrogen-bond donors (Lipinski definition) is 3. The van der Waals surface area contributed by atoms with Crippen molar-refractivity contribution >= 4 is 34.3 Å². The van der Waals surface area contributed by atoms with E-state index < -0.39 is 11.7 Å². The van der Waals surface area contributed by atoms with E-state index in [1.807, 2.05) is 13.0 Å². The molecule has 0 saturated heterocycles. The van der Waals surface area contributed by atoms with Crippen LogP contribution in [0, 0.1) is 12.7 Å². The molecule has 3 rings (SSSR count).